The topological polar surface area (TPSA) is 39.3 Å². The molecule has 1 aliphatic carbocycles. The number of likely N-dealkylation sites (N-methyl/N-ethyl adjacent to an activating group) is 1. The monoisotopic (exact) mass is 355 g/mol. The lowest BCUT2D eigenvalue weighted by Gasteiger charge is -2.48. The largest absolute Gasteiger partial charge is 0.343 e. The third-order valence-corrected chi connectivity index (χ3v) is 6.34. The number of rotatable bonds is 3. The molecule has 4 nitrogen and oxygen atoms in total. The Morgan fingerprint density at radius 2 is 2.12 bits per heavy atom. The van der Waals surface area contributed by atoms with Crippen LogP contribution in [0.25, 0.3) is 16.5 Å². The quantitative estimate of drug-likeness (QED) is 0.916. The van der Waals surface area contributed by atoms with Gasteiger partial charge in [0.2, 0.25) is 5.91 Å². The molecule has 138 valence electrons. The summed E-state index contributed by atoms with van der Waals surface area (Å²) in [5.41, 5.74) is 3.49. The van der Waals surface area contributed by atoms with E-state index in [0.717, 1.165) is 40.7 Å². The number of nitrogens with one attached hydrogen (secondary N) is 1. The molecule has 2 aliphatic rings. The van der Waals surface area contributed by atoms with Gasteiger partial charge in [0.1, 0.15) is 0 Å². The summed E-state index contributed by atoms with van der Waals surface area (Å²) in [5, 5.41) is 0.970. The maximum absolute atomic E-state index is 14.5. The lowest BCUT2D eigenvalue weighted by Crippen LogP contribution is -2.54. The maximum Gasteiger partial charge on any atom is 0.230 e. The molecule has 5 heteroatoms. The second kappa shape index (κ2) is 5.95. The van der Waals surface area contributed by atoms with Gasteiger partial charge in [-0.05, 0) is 51.4 Å². The number of hydrogen-bond donors (Lipinski definition) is 1. The molecule has 1 amide bonds. The van der Waals surface area contributed by atoms with Crippen LogP contribution >= 0.6 is 0 Å². The van der Waals surface area contributed by atoms with Gasteiger partial charge in [-0.3, -0.25) is 9.69 Å². The molecule has 2 aromatic rings. The van der Waals surface area contributed by atoms with Gasteiger partial charge >= 0.3 is 0 Å². The Kier molecular flexibility index (Phi) is 3.95. The summed E-state index contributed by atoms with van der Waals surface area (Å²) in [7, 11) is 2.05. The Morgan fingerprint density at radius 3 is 2.81 bits per heavy atom. The van der Waals surface area contributed by atoms with Crippen molar-refractivity contribution in [2.75, 3.05) is 26.7 Å². The number of carbonyl (C=O) groups excluding carboxylic acids is 1. The van der Waals surface area contributed by atoms with Crippen LogP contribution in [0.5, 0.6) is 0 Å². The Hall–Kier alpha value is -2.14. The molecule has 0 fully saturated rings. The molecule has 2 heterocycles. The van der Waals surface area contributed by atoms with Gasteiger partial charge in [0, 0.05) is 41.6 Å². The van der Waals surface area contributed by atoms with Crippen LogP contribution in [-0.4, -0.2) is 52.9 Å². The van der Waals surface area contributed by atoms with Gasteiger partial charge in [0.25, 0.3) is 0 Å². The predicted molar refractivity (Wildman–Crippen MR) is 102 cm³/mol. The normalized spacial score (nSPS) is 25.1. The minimum Gasteiger partial charge on any atom is -0.343 e. The molecular formula is C21H26FN3O. The van der Waals surface area contributed by atoms with E-state index < -0.39 is 0 Å². The van der Waals surface area contributed by atoms with Crippen molar-refractivity contribution in [1.29, 1.82) is 0 Å². The number of nitrogens with zero attached hydrogens (tertiary/aromatic N) is 2. The molecule has 1 aromatic heterocycles. The van der Waals surface area contributed by atoms with Gasteiger partial charge in [-0.1, -0.05) is 18.2 Å². The molecule has 2 atom stereocenters. The Labute approximate surface area is 153 Å². The third-order valence-electron chi connectivity index (χ3n) is 6.34. The number of benzene rings is 1. The van der Waals surface area contributed by atoms with Crippen LogP contribution in [0.4, 0.5) is 4.39 Å². The van der Waals surface area contributed by atoms with Crippen LogP contribution < -0.4 is 0 Å². The van der Waals surface area contributed by atoms with E-state index in [1.807, 2.05) is 37.9 Å². The number of H-pyrrole nitrogens is 1. The van der Waals surface area contributed by atoms with Gasteiger partial charge in [-0.2, -0.15) is 4.39 Å². The van der Waals surface area contributed by atoms with Crippen molar-refractivity contribution in [3.63, 3.8) is 0 Å². The zero-order valence-electron chi connectivity index (χ0n) is 15.9. The van der Waals surface area contributed by atoms with Gasteiger partial charge < -0.3 is 9.88 Å². The van der Waals surface area contributed by atoms with E-state index in [9.17, 15) is 9.18 Å². The van der Waals surface area contributed by atoms with E-state index >= 15 is 0 Å². The predicted octanol–water partition coefficient (Wildman–Crippen LogP) is 3.44. The zero-order chi connectivity index (χ0) is 18.6. The molecule has 0 saturated carbocycles. The van der Waals surface area contributed by atoms with E-state index in [-0.39, 0.29) is 23.3 Å². The number of halogens is 1. The van der Waals surface area contributed by atoms with E-state index in [4.69, 9.17) is 0 Å². The van der Waals surface area contributed by atoms with E-state index in [1.54, 1.807) is 0 Å². The van der Waals surface area contributed by atoms with Crippen molar-refractivity contribution in [2.24, 2.45) is 5.92 Å². The van der Waals surface area contributed by atoms with Crippen molar-refractivity contribution >= 4 is 22.4 Å². The highest BCUT2D eigenvalue weighted by atomic mass is 19.1. The molecule has 1 aromatic carbocycles. The molecule has 0 saturated heterocycles. The average Bonchev–Trinajstić information content (AvgIpc) is 2.94. The summed E-state index contributed by atoms with van der Waals surface area (Å²) >= 11 is 0. The first kappa shape index (κ1) is 17.3. The van der Waals surface area contributed by atoms with Crippen molar-refractivity contribution < 1.29 is 9.18 Å². The third kappa shape index (κ3) is 2.26. The summed E-state index contributed by atoms with van der Waals surface area (Å²) in [4.78, 5) is 20.0. The number of aromatic nitrogens is 1. The van der Waals surface area contributed by atoms with E-state index in [2.05, 4.69) is 29.0 Å². The Morgan fingerprint density at radius 1 is 1.38 bits per heavy atom. The number of fused-ring (bicyclic) bond motifs is 2. The van der Waals surface area contributed by atoms with Crippen LogP contribution in [0.3, 0.4) is 0 Å². The minimum atomic E-state index is -0.301. The summed E-state index contributed by atoms with van der Waals surface area (Å²) in [6, 6.07) is 5.93. The maximum atomic E-state index is 14.5. The molecule has 0 spiro atoms. The number of hydrogen-bond acceptors (Lipinski definition) is 2. The molecule has 0 radical (unpaired) electrons. The highest BCUT2D eigenvalue weighted by molar-refractivity contribution is 6.00. The average molecular weight is 355 g/mol. The number of carbonyl (C=O) groups is 1. The fourth-order valence-corrected chi connectivity index (χ4v) is 4.68. The summed E-state index contributed by atoms with van der Waals surface area (Å²) in [6.07, 6.45) is 2.76. The van der Waals surface area contributed by atoms with Gasteiger partial charge in [0.05, 0.1) is 5.92 Å². The van der Waals surface area contributed by atoms with Gasteiger partial charge in [0.15, 0.2) is 5.95 Å². The van der Waals surface area contributed by atoms with Crippen molar-refractivity contribution in [2.45, 2.75) is 32.7 Å². The molecule has 0 bridgehead atoms. The molecule has 1 N–H and O–H groups in total. The summed E-state index contributed by atoms with van der Waals surface area (Å²) in [6.45, 7) is 8.29. The van der Waals surface area contributed by atoms with Crippen molar-refractivity contribution in [3.8, 4) is 0 Å². The lowest BCUT2D eigenvalue weighted by molar-refractivity contribution is -0.134. The highest BCUT2D eigenvalue weighted by Gasteiger charge is 2.45. The van der Waals surface area contributed by atoms with E-state index in [0.29, 0.717) is 13.0 Å². The molecule has 1 aliphatic heterocycles. The Bertz CT molecular complexity index is 911. The fourth-order valence-electron chi connectivity index (χ4n) is 4.68. The standard InChI is InChI=1S/C21H26FN3O/c1-5-25(6-2)20(26)13-10-16-14-8-7-9-17-18(14)15(19(22)23-17)11-21(16,3)24(4)12-13/h7-10,13,23H,5-6,11-12H2,1-4H3/t13-,21?/m1/s1. The fraction of sp³-hybridized carbons (Fsp3) is 0.476. The van der Waals surface area contributed by atoms with Crippen LogP contribution in [0.2, 0.25) is 0 Å². The molecule has 1 unspecified atom stereocenters. The first-order valence-electron chi connectivity index (χ1n) is 9.42. The molecule has 4 rings (SSSR count). The molecule has 26 heavy (non-hydrogen) atoms. The summed E-state index contributed by atoms with van der Waals surface area (Å²) < 4.78 is 14.5. The second-order valence-electron chi connectivity index (χ2n) is 7.67. The number of amides is 1. The first-order chi connectivity index (χ1) is 12.4. The lowest BCUT2D eigenvalue weighted by atomic mass is 9.71. The number of aromatic amines is 1. The SMILES string of the molecule is CCN(CC)C(=O)[C@@H]1C=C2c3cccc4[nH]c(F)c(c34)CC2(C)N(C)C1. The van der Waals surface area contributed by atoms with Crippen LogP contribution in [0.1, 0.15) is 31.9 Å². The Balaban J connectivity index is 1.88. The van der Waals surface area contributed by atoms with Crippen LogP contribution in [-0.2, 0) is 11.2 Å². The zero-order valence-corrected chi connectivity index (χ0v) is 15.9. The highest BCUT2D eigenvalue weighted by Crippen LogP contribution is 2.47. The minimum absolute atomic E-state index is 0.163. The molecular weight excluding hydrogens is 329 g/mol. The van der Waals surface area contributed by atoms with Crippen LogP contribution in [0.15, 0.2) is 24.3 Å². The smallest absolute Gasteiger partial charge is 0.230 e. The summed E-state index contributed by atoms with van der Waals surface area (Å²) in [5.74, 6) is -0.222. The van der Waals surface area contributed by atoms with E-state index in [1.165, 1.54) is 0 Å². The van der Waals surface area contributed by atoms with Gasteiger partial charge in [-0.25, -0.2) is 0 Å². The second-order valence-corrected chi connectivity index (χ2v) is 7.67. The van der Waals surface area contributed by atoms with Gasteiger partial charge in [-0.15, -0.1) is 0 Å². The first-order valence-corrected chi connectivity index (χ1v) is 9.42. The van der Waals surface area contributed by atoms with Crippen LogP contribution in [0, 0.1) is 11.9 Å². The van der Waals surface area contributed by atoms with Crippen molar-refractivity contribution in [1.82, 2.24) is 14.8 Å². The van der Waals surface area contributed by atoms with Crippen molar-refractivity contribution in [3.05, 3.63) is 41.3 Å².